The van der Waals surface area contributed by atoms with Crippen LogP contribution in [-0.4, -0.2) is 50.0 Å². The van der Waals surface area contributed by atoms with Crippen LogP contribution < -0.4 is 0 Å². The van der Waals surface area contributed by atoms with Gasteiger partial charge in [0.05, 0.1) is 16.1 Å². The van der Waals surface area contributed by atoms with Gasteiger partial charge in [0.1, 0.15) is 24.2 Å². The molecule has 0 aromatic carbocycles. The molecule has 6 nitrogen and oxygen atoms in total. The third-order valence-corrected chi connectivity index (χ3v) is 5.27. The highest BCUT2D eigenvalue weighted by molar-refractivity contribution is 6.36. The molecule has 0 saturated heterocycles. The summed E-state index contributed by atoms with van der Waals surface area (Å²) in [5.41, 5.74) is 1.66. The zero-order chi connectivity index (χ0) is 19.9. The second-order valence-corrected chi connectivity index (χ2v) is 7.39. The lowest BCUT2D eigenvalue weighted by atomic mass is 9.85. The van der Waals surface area contributed by atoms with Gasteiger partial charge in [-0.3, -0.25) is 4.79 Å². The largest absolute Gasteiger partial charge is 0.406 e. The van der Waals surface area contributed by atoms with E-state index in [1.54, 1.807) is 6.20 Å². The average molecular weight is 412 g/mol. The molecule has 3 aromatic rings. The predicted molar refractivity (Wildman–Crippen MR) is 98.0 cm³/mol. The first-order chi connectivity index (χ1) is 13.3. The fraction of sp³-hybridized carbons (Fsp3) is 0.389. The van der Waals surface area contributed by atoms with Gasteiger partial charge >= 0.3 is 6.18 Å². The van der Waals surface area contributed by atoms with Gasteiger partial charge in [0, 0.05) is 24.5 Å². The van der Waals surface area contributed by atoms with Crippen LogP contribution in [0.4, 0.5) is 13.2 Å². The molecular weight excluding hydrogens is 395 g/mol. The third kappa shape index (κ3) is 3.71. The van der Waals surface area contributed by atoms with Crippen molar-refractivity contribution in [3.63, 3.8) is 0 Å². The van der Waals surface area contributed by atoms with Crippen molar-refractivity contribution in [1.29, 1.82) is 0 Å². The Labute approximate surface area is 163 Å². The molecule has 0 bridgehead atoms. The minimum absolute atomic E-state index is 0.0805. The number of H-pyrrole nitrogens is 2. The number of aromatic nitrogens is 4. The smallest absolute Gasteiger partial charge is 0.357 e. The molecule has 0 atom stereocenters. The first-order valence-electron chi connectivity index (χ1n) is 8.84. The summed E-state index contributed by atoms with van der Waals surface area (Å²) in [5, 5.41) is 1.01. The van der Waals surface area contributed by atoms with Crippen LogP contribution in [0.2, 0.25) is 5.02 Å². The van der Waals surface area contributed by atoms with Gasteiger partial charge in [-0.15, -0.1) is 0 Å². The molecule has 10 heteroatoms. The summed E-state index contributed by atoms with van der Waals surface area (Å²) in [6.45, 7) is -1.16. The molecule has 1 aliphatic carbocycles. The van der Waals surface area contributed by atoms with E-state index in [2.05, 4.69) is 19.9 Å². The number of nitrogens with zero attached hydrogens (tertiary/aromatic N) is 3. The molecule has 28 heavy (non-hydrogen) atoms. The van der Waals surface area contributed by atoms with Crippen molar-refractivity contribution in [3.8, 4) is 11.3 Å². The second kappa shape index (κ2) is 7.12. The van der Waals surface area contributed by atoms with Crippen LogP contribution in [0.1, 0.15) is 29.8 Å². The standard InChI is InChI=1S/C18H17ClF3N5O/c19-12-6-24-16-14(12)15(25-9-26-16)11-4-13(23-5-11)17(28)27(8-18(20,21)22)7-10-2-1-3-10/h4-6,9-10,23H,1-3,7-8H2,(H,24,25,26). The van der Waals surface area contributed by atoms with Crippen molar-refractivity contribution in [3.05, 3.63) is 35.5 Å². The molecule has 1 amide bonds. The maximum Gasteiger partial charge on any atom is 0.406 e. The average Bonchev–Trinajstić information content (AvgIpc) is 3.23. The maximum atomic E-state index is 13.0. The van der Waals surface area contributed by atoms with Crippen LogP contribution in [0.3, 0.4) is 0 Å². The van der Waals surface area contributed by atoms with Crippen LogP contribution in [0.15, 0.2) is 24.8 Å². The molecule has 148 valence electrons. The summed E-state index contributed by atoms with van der Waals surface area (Å²) in [6.07, 6.45) is 2.70. The molecule has 1 saturated carbocycles. The van der Waals surface area contributed by atoms with E-state index in [-0.39, 0.29) is 18.2 Å². The number of hydrogen-bond acceptors (Lipinski definition) is 3. The number of carbonyl (C=O) groups excluding carboxylic acids is 1. The van der Waals surface area contributed by atoms with Gasteiger partial charge in [-0.25, -0.2) is 9.97 Å². The van der Waals surface area contributed by atoms with Gasteiger partial charge in [0.2, 0.25) is 0 Å². The lowest BCUT2D eigenvalue weighted by Crippen LogP contribution is -2.43. The number of nitrogens with one attached hydrogen (secondary N) is 2. The van der Waals surface area contributed by atoms with Crippen LogP contribution in [0.25, 0.3) is 22.3 Å². The fourth-order valence-electron chi connectivity index (χ4n) is 3.39. The van der Waals surface area contributed by atoms with E-state index in [0.29, 0.717) is 27.3 Å². The third-order valence-electron chi connectivity index (χ3n) is 4.97. The van der Waals surface area contributed by atoms with Crippen molar-refractivity contribution in [2.24, 2.45) is 5.92 Å². The van der Waals surface area contributed by atoms with Crippen LogP contribution >= 0.6 is 11.6 Å². The molecular formula is C18H17ClF3N5O. The molecule has 0 spiro atoms. The lowest BCUT2D eigenvalue weighted by molar-refractivity contribution is -0.142. The van der Waals surface area contributed by atoms with Crippen molar-refractivity contribution < 1.29 is 18.0 Å². The van der Waals surface area contributed by atoms with E-state index in [1.165, 1.54) is 18.6 Å². The molecule has 0 radical (unpaired) electrons. The quantitative estimate of drug-likeness (QED) is 0.652. The first-order valence-corrected chi connectivity index (χ1v) is 9.22. The van der Waals surface area contributed by atoms with Crippen molar-refractivity contribution in [2.45, 2.75) is 25.4 Å². The number of aromatic amines is 2. The highest BCUT2D eigenvalue weighted by Gasteiger charge is 2.35. The van der Waals surface area contributed by atoms with E-state index in [1.807, 2.05) is 0 Å². The molecule has 1 fully saturated rings. The monoisotopic (exact) mass is 411 g/mol. The molecule has 1 aliphatic rings. The summed E-state index contributed by atoms with van der Waals surface area (Å²) in [7, 11) is 0. The SMILES string of the molecule is O=C(c1cc(-c2ncnc3[nH]cc(Cl)c23)c[nH]1)N(CC1CCC1)CC(F)(F)F. The van der Waals surface area contributed by atoms with E-state index < -0.39 is 18.6 Å². The van der Waals surface area contributed by atoms with Crippen molar-refractivity contribution >= 4 is 28.5 Å². The molecule has 0 aliphatic heterocycles. The number of hydrogen-bond donors (Lipinski definition) is 2. The van der Waals surface area contributed by atoms with Crippen LogP contribution in [0.5, 0.6) is 0 Å². The minimum Gasteiger partial charge on any atom is -0.357 e. The second-order valence-electron chi connectivity index (χ2n) is 6.98. The number of alkyl halides is 3. The maximum absolute atomic E-state index is 13.0. The summed E-state index contributed by atoms with van der Waals surface area (Å²) >= 11 is 6.18. The highest BCUT2D eigenvalue weighted by Crippen LogP contribution is 2.32. The lowest BCUT2D eigenvalue weighted by Gasteiger charge is -2.32. The fourth-order valence-corrected chi connectivity index (χ4v) is 3.63. The summed E-state index contributed by atoms with van der Waals surface area (Å²) < 4.78 is 38.9. The Balaban J connectivity index is 1.62. The molecule has 4 rings (SSSR count). The van der Waals surface area contributed by atoms with E-state index in [4.69, 9.17) is 11.6 Å². The van der Waals surface area contributed by atoms with Gasteiger partial charge in [0.25, 0.3) is 5.91 Å². The Morgan fingerprint density at radius 3 is 2.71 bits per heavy atom. The van der Waals surface area contributed by atoms with Gasteiger partial charge in [-0.1, -0.05) is 18.0 Å². The molecule has 3 aromatic heterocycles. The summed E-state index contributed by atoms with van der Waals surface area (Å²) in [5.74, 6) is -0.554. The van der Waals surface area contributed by atoms with E-state index >= 15 is 0 Å². The topological polar surface area (TPSA) is 77.7 Å². The Morgan fingerprint density at radius 2 is 2.04 bits per heavy atom. The Morgan fingerprint density at radius 1 is 1.25 bits per heavy atom. The minimum atomic E-state index is -4.45. The van der Waals surface area contributed by atoms with Crippen molar-refractivity contribution in [2.75, 3.05) is 13.1 Å². The van der Waals surface area contributed by atoms with Crippen molar-refractivity contribution in [1.82, 2.24) is 24.8 Å². The predicted octanol–water partition coefficient (Wildman–Crippen LogP) is 4.41. The molecule has 0 unspecified atom stereocenters. The van der Waals surface area contributed by atoms with Crippen LogP contribution in [0, 0.1) is 5.92 Å². The highest BCUT2D eigenvalue weighted by atomic mass is 35.5. The van der Waals surface area contributed by atoms with Gasteiger partial charge in [-0.2, -0.15) is 13.2 Å². The Kier molecular flexibility index (Phi) is 4.78. The number of halogens is 4. The zero-order valence-corrected chi connectivity index (χ0v) is 15.4. The number of rotatable bonds is 5. The summed E-state index contributed by atoms with van der Waals surface area (Å²) in [4.78, 5) is 27.6. The molecule has 2 N–H and O–H groups in total. The number of carbonyl (C=O) groups is 1. The Hall–Kier alpha value is -2.55. The normalized spacial score (nSPS) is 15.0. The number of amides is 1. The Bertz CT molecular complexity index is 1010. The molecule has 3 heterocycles. The zero-order valence-electron chi connectivity index (χ0n) is 14.7. The first kappa shape index (κ1) is 18.8. The number of fused-ring (bicyclic) bond motifs is 1. The van der Waals surface area contributed by atoms with Gasteiger partial charge < -0.3 is 14.9 Å². The van der Waals surface area contributed by atoms with E-state index in [0.717, 1.165) is 24.2 Å². The van der Waals surface area contributed by atoms with Gasteiger partial charge in [-0.05, 0) is 24.8 Å². The van der Waals surface area contributed by atoms with E-state index in [9.17, 15) is 18.0 Å². The summed E-state index contributed by atoms with van der Waals surface area (Å²) in [6, 6.07) is 1.50. The van der Waals surface area contributed by atoms with Crippen LogP contribution in [-0.2, 0) is 0 Å². The van der Waals surface area contributed by atoms with Gasteiger partial charge in [0.15, 0.2) is 0 Å².